The van der Waals surface area contributed by atoms with E-state index in [1.807, 2.05) is 7.05 Å². The molecule has 1 aromatic heterocycles. The number of amides is 4. The first-order valence-corrected chi connectivity index (χ1v) is 17.0. The predicted molar refractivity (Wildman–Crippen MR) is 178 cm³/mol. The van der Waals surface area contributed by atoms with Crippen molar-refractivity contribution < 1.29 is 28.0 Å². The van der Waals surface area contributed by atoms with Gasteiger partial charge in [-0.3, -0.25) is 19.2 Å². The minimum atomic E-state index is -3.97. The van der Waals surface area contributed by atoms with Gasteiger partial charge < -0.3 is 25.8 Å². The molecule has 2 aromatic carbocycles. The van der Waals surface area contributed by atoms with Crippen LogP contribution in [-0.4, -0.2) is 88.3 Å². The molecule has 15 heteroatoms. The van der Waals surface area contributed by atoms with Crippen molar-refractivity contribution >= 4 is 40.8 Å². The molecular weight excluding hydrogens is 654 g/mol. The maximum absolute atomic E-state index is 15.3. The molecule has 0 bridgehead atoms. The van der Waals surface area contributed by atoms with E-state index in [0.29, 0.717) is 50.3 Å². The number of nitriles is 1. The Morgan fingerprint density at radius 1 is 1.02 bits per heavy atom. The Morgan fingerprint density at radius 2 is 1.73 bits per heavy atom. The second-order valence-corrected chi connectivity index (χ2v) is 13.2. The number of hydrogen-bond donors (Lipinski definition) is 3. The van der Waals surface area contributed by atoms with Gasteiger partial charge in [0.05, 0.1) is 17.8 Å². The molecule has 2 aliphatic rings. The molecule has 4 amide bonds. The summed E-state index contributed by atoms with van der Waals surface area (Å²) < 4.78 is 34.3. The number of alkyl halides is 2. The zero-order valence-corrected chi connectivity index (χ0v) is 27.8. The molecule has 49 heavy (non-hydrogen) atoms. The molecule has 3 N–H and O–H groups in total. The van der Waals surface area contributed by atoms with Crippen molar-refractivity contribution in [2.24, 2.45) is 5.92 Å². The number of nitrogens with one attached hydrogen (secondary N) is 3. The number of carbonyl (C=O) groups is 4. The second kappa shape index (κ2) is 16.1. The predicted octanol–water partition coefficient (Wildman–Crippen LogP) is 3.32. The summed E-state index contributed by atoms with van der Waals surface area (Å²) >= 11 is 0.928. The van der Waals surface area contributed by atoms with Crippen molar-refractivity contribution in [1.82, 2.24) is 30.0 Å². The summed E-state index contributed by atoms with van der Waals surface area (Å²) in [5, 5.41) is 20.7. The van der Waals surface area contributed by atoms with E-state index in [-0.39, 0.29) is 28.7 Å². The van der Waals surface area contributed by atoms with E-state index in [1.54, 1.807) is 35.2 Å². The van der Waals surface area contributed by atoms with Gasteiger partial charge in [0, 0.05) is 43.9 Å². The Balaban J connectivity index is 1.28. The van der Waals surface area contributed by atoms with Gasteiger partial charge in [-0.1, -0.05) is 48.0 Å². The summed E-state index contributed by atoms with van der Waals surface area (Å²) in [6.45, 7) is 2.50. The minimum absolute atomic E-state index is 0.00972. The molecular formula is C34H38F2N8O4S. The first-order valence-electron chi connectivity index (χ1n) is 16.2. The quantitative estimate of drug-likeness (QED) is 0.276. The highest BCUT2D eigenvalue weighted by molar-refractivity contribution is 7.07. The van der Waals surface area contributed by atoms with E-state index in [9.17, 15) is 19.2 Å². The average molecular weight is 693 g/mol. The third-order valence-corrected chi connectivity index (χ3v) is 9.66. The standard InChI is InChI=1S/C34H38F2N8O4S/c1-43-14-16-44(17-15-43)32(47)27(40-30(45)28-21-38-42-49-28)19-22-10-12-26(13-11-22)39-31(46)29(24-7-3-2-4-8-24)41-33(48)34(35,36)25-9-5-6-23(18-25)20-37/h5-6,9-13,18,21,24,27,29H,2-4,7-8,14-17,19H2,1H3,(H,39,46)(H,40,45)(H,41,48)/t27-,29+/m1/s1. The Bertz CT molecular complexity index is 1670. The summed E-state index contributed by atoms with van der Waals surface area (Å²) in [5.41, 5.74) is 0.444. The number of benzene rings is 2. The highest BCUT2D eigenvalue weighted by atomic mass is 32.1. The average Bonchev–Trinajstić information content (AvgIpc) is 3.67. The van der Waals surface area contributed by atoms with Crippen molar-refractivity contribution in [3.8, 4) is 6.07 Å². The molecule has 2 fully saturated rings. The fraction of sp³-hybridized carbons (Fsp3) is 0.441. The molecule has 3 aromatic rings. The Hall–Kier alpha value is -4.81. The van der Waals surface area contributed by atoms with Gasteiger partial charge in [0.2, 0.25) is 11.8 Å². The van der Waals surface area contributed by atoms with Gasteiger partial charge in [-0.2, -0.15) is 14.0 Å². The van der Waals surface area contributed by atoms with E-state index >= 15 is 8.78 Å². The van der Waals surface area contributed by atoms with E-state index < -0.39 is 41.3 Å². The van der Waals surface area contributed by atoms with Gasteiger partial charge in [0.1, 0.15) is 17.0 Å². The highest BCUT2D eigenvalue weighted by Gasteiger charge is 2.44. The number of carbonyl (C=O) groups excluding carboxylic acids is 4. The van der Waals surface area contributed by atoms with Crippen LogP contribution in [0.4, 0.5) is 14.5 Å². The molecule has 0 unspecified atom stereocenters. The lowest BCUT2D eigenvalue weighted by Gasteiger charge is -2.34. The molecule has 1 aliphatic carbocycles. The number of nitrogens with zero attached hydrogens (tertiary/aromatic N) is 5. The zero-order chi connectivity index (χ0) is 35.0. The molecule has 12 nitrogen and oxygen atoms in total. The lowest BCUT2D eigenvalue weighted by atomic mass is 9.83. The fourth-order valence-electron chi connectivity index (χ4n) is 6.14. The van der Waals surface area contributed by atoms with Gasteiger partial charge in [0.15, 0.2) is 0 Å². The molecule has 2 atom stereocenters. The lowest BCUT2D eigenvalue weighted by molar-refractivity contribution is -0.149. The van der Waals surface area contributed by atoms with Crippen LogP contribution >= 0.6 is 11.5 Å². The summed E-state index contributed by atoms with van der Waals surface area (Å²) in [6, 6.07) is 11.1. The third kappa shape index (κ3) is 9.01. The maximum atomic E-state index is 15.3. The van der Waals surface area contributed by atoms with Crippen LogP contribution in [-0.2, 0) is 26.7 Å². The van der Waals surface area contributed by atoms with Gasteiger partial charge in [0.25, 0.3) is 11.8 Å². The second-order valence-electron chi connectivity index (χ2n) is 12.4. The number of aromatic nitrogens is 2. The van der Waals surface area contributed by atoms with Crippen LogP contribution in [0.2, 0.25) is 0 Å². The zero-order valence-electron chi connectivity index (χ0n) is 27.0. The van der Waals surface area contributed by atoms with Crippen LogP contribution in [0.3, 0.4) is 0 Å². The van der Waals surface area contributed by atoms with Crippen LogP contribution in [0.25, 0.3) is 0 Å². The largest absolute Gasteiger partial charge is 0.349 e. The number of likely N-dealkylation sites (N-methyl/N-ethyl adjacent to an activating group) is 1. The van der Waals surface area contributed by atoms with Crippen molar-refractivity contribution in [2.75, 3.05) is 38.5 Å². The number of rotatable bonds is 11. The van der Waals surface area contributed by atoms with Gasteiger partial charge >= 0.3 is 5.92 Å². The van der Waals surface area contributed by atoms with Crippen molar-refractivity contribution in [3.05, 3.63) is 76.3 Å². The van der Waals surface area contributed by atoms with Gasteiger partial charge in [-0.05, 0) is 67.2 Å². The molecule has 0 radical (unpaired) electrons. The molecule has 1 saturated heterocycles. The highest BCUT2D eigenvalue weighted by Crippen LogP contribution is 2.32. The van der Waals surface area contributed by atoms with E-state index in [4.69, 9.17) is 5.26 Å². The van der Waals surface area contributed by atoms with Crippen LogP contribution < -0.4 is 16.0 Å². The smallest absolute Gasteiger partial charge is 0.339 e. The monoisotopic (exact) mass is 692 g/mol. The lowest BCUT2D eigenvalue weighted by Crippen LogP contribution is -2.54. The number of halogens is 2. The molecule has 1 aliphatic heterocycles. The molecule has 1 saturated carbocycles. The minimum Gasteiger partial charge on any atom is -0.339 e. The van der Waals surface area contributed by atoms with Crippen molar-refractivity contribution in [2.45, 2.75) is 56.5 Å². The molecule has 258 valence electrons. The van der Waals surface area contributed by atoms with Crippen LogP contribution in [0.1, 0.15) is 58.5 Å². The van der Waals surface area contributed by atoms with Crippen molar-refractivity contribution in [1.29, 1.82) is 5.26 Å². The molecule has 5 rings (SSSR count). The third-order valence-electron chi connectivity index (χ3n) is 8.99. The van der Waals surface area contributed by atoms with Crippen molar-refractivity contribution in [3.63, 3.8) is 0 Å². The fourth-order valence-corrected chi connectivity index (χ4v) is 6.55. The molecule has 0 spiro atoms. The SMILES string of the molecule is CN1CCN(C(=O)[C@@H](Cc2ccc(NC(=O)[C@@H](NC(=O)C(F)(F)c3cccc(C#N)c3)C3CCCCC3)cc2)NC(=O)c2cnns2)CC1. The Kier molecular flexibility index (Phi) is 11.6. The van der Waals surface area contributed by atoms with E-state index in [0.717, 1.165) is 42.9 Å². The maximum Gasteiger partial charge on any atom is 0.349 e. The first-order chi connectivity index (χ1) is 23.5. The number of piperazine rings is 1. The van der Waals surface area contributed by atoms with E-state index in [2.05, 4.69) is 30.4 Å². The molecule has 2 heterocycles. The topological polar surface area (TPSA) is 160 Å². The number of anilines is 1. The summed E-state index contributed by atoms with van der Waals surface area (Å²) in [5.74, 6) is -7.20. The normalized spacial score (nSPS) is 17.0. The van der Waals surface area contributed by atoms with Crippen LogP contribution in [0.15, 0.2) is 54.7 Å². The Labute approximate surface area is 287 Å². The first kappa shape index (κ1) is 35.5. The van der Waals surface area contributed by atoms with Crippen LogP contribution in [0, 0.1) is 17.2 Å². The van der Waals surface area contributed by atoms with Crippen LogP contribution in [0.5, 0.6) is 0 Å². The number of hydrogen-bond acceptors (Lipinski definition) is 9. The van der Waals surface area contributed by atoms with Gasteiger partial charge in [-0.25, -0.2) is 0 Å². The Morgan fingerprint density at radius 3 is 2.39 bits per heavy atom. The summed E-state index contributed by atoms with van der Waals surface area (Å²) in [7, 11) is 1.98. The van der Waals surface area contributed by atoms with Gasteiger partial charge in [-0.15, -0.1) is 5.10 Å². The summed E-state index contributed by atoms with van der Waals surface area (Å²) in [4.78, 5) is 57.1. The summed E-state index contributed by atoms with van der Waals surface area (Å²) in [6.07, 6.45) is 5.29. The van der Waals surface area contributed by atoms with E-state index in [1.165, 1.54) is 18.3 Å².